The predicted molar refractivity (Wildman–Crippen MR) is 160 cm³/mol. The molecule has 0 saturated carbocycles. The van der Waals surface area contributed by atoms with Gasteiger partial charge in [0.1, 0.15) is 6.17 Å². The first-order chi connectivity index (χ1) is 17.8. The minimum absolute atomic E-state index is 0.554. The summed E-state index contributed by atoms with van der Waals surface area (Å²) in [6, 6.07) is 11.0. The summed E-state index contributed by atoms with van der Waals surface area (Å²) in [6.45, 7) is 6.87. The fourth-order valence-electron chi connectivity index (χ4n) is 5.66. The van der Waals surface area contributed by atoms with E-state index in [0.29, 0.717) is 6.17 Å². The maximum atomic E-state index is 2.65. The number of benzene rings is 1. The van der Waals surface area contributed by atoms with E-state index in [0.717, 1.165) is 6.54 Å². The molecule has 1 aromatic rings. The molecular formula is C34H60N2. The van der Waals surface area contributed by atoms with Crippen molar-refractivity contribution < 1.29 is 0 Å². The first-order valence-electron chi connectivity index (χ1n) is 16.1. The smallest absolute Gasteiger partial charge is 0.101 e. The Morgan fingerprint density at radius 3 is 1.47 bits per heavy atom. The van der Waals surface area contributed by atoms with Gasteiger partial charge in [-0.2, -0.15) is 0 Å². The Labute approximate surface area is 225 Å². The average molecular weight is 497 g/mol. The van der Waals surface area contributed by atoms with Crippen LogP contribution in [0.3, 0.4) is 0 Å². The highest BCUT2D eigenvalue weighted by Crippen LogP contribution is 2.25. The van der Waals surface area contributed by atoms with Crippen LogP contribution in [0.15, 0.2) is 42.7 Å². The highest BCUT2D eigenvalue weighted by atomic mass is 15.4. The minimum Gasteiger partial charge on any atom is -0.356 e. The molecule has 0 aliphatic carbocycles. The second kappa shape index (κ2) is 21.6. The normalized spacial score (nSPS) is 15.3. The van der Waals surface area contributed by atoms with E-state index in [2.05, 4.69) is 66.4 Å². The Morgan fingerprint density at radius 2 is 0.944 bits per heavy atom. The zero-order valence-electron chi connectivity index (χ0n) is 24.3. The van der Waals surface area contributed by atoms with Crippen molar-refractivity contribution in [2.45, 2.75) is 161 Å². The van der Waals surface area contributed by atoms with Crippen LogP contribution < -0.4 is 0 Å². The van der Waals surface area contributed by atoms with Gasteiger partial charge in [-0.3, -0.25) is 0 Å². The minimum atomic E-state index is 0.554. The van der Waals surface area contributed by atoms with Crippen LogP contribution >= 0.6 is 0 Å². The van der Waals surface area contributed by atoms with Gasteiger partial charge in [0, 0.05) is 25.5 Å². The lowest BCUT2D eigenvalue weighted by Crippen LogP contribution is -2.38. The molecule has 0 bridgehead atoms. The monoisotopic (exact) mass is 496 g/mol. The van der Waals surface area contributed by atoms with E-state index < -0.39 is 0 Å². The molecule has 36 heavy (non-hydrogen) atoms. The van der Waals surface area contributed by atoms with Gasteiger partial charge in [-0.1, -0.05) is 160 Å². The summed E-state index contributed by atoms with van der Waals surface area (Å²) in [5, 5.41) is 0. The number of unbranched alkanes of at least 4 members (excludes halogenated alkanes) is 18. The van der Waals surface area contributed by atoms with E-state index in [4.69, 9.17) is 0 Å². The molecule has 0 radical (unpaired) electrons. The summed E-state index contributed by atoms with van der Waals surface area (Å²) in [5.41, 5.74) is 1.43. The third-order valence-corrected chi connectivity index (χ3v) is 8.01. The van der Waals surface area contributed by atoms with Crippen molar-refractivity contribution in [3.8, 4) is 0 Å². The first-order valence-corrected chi connectivity index (χ1v) is 16.1. The van der Waals surface area contributed by atoms with E-state index >= 15 is 0 Å². The molecule has 1 aliphatic rings. The highest BCUT2D eigenvalue weighted by Gasteiger charge is 2.25. The first kappa shape index (κ1) is 30.8. The number of rotatable bonds is 24. The molecule has 1 heterocycles. The third-order valence-electron chi connectivity index (χ3n) is 8.01. The molecule has 1 atom stereocenters. The Bertz CT molecular complexity index is 625. The van der Waals surface area contributed by atoms with Crippen LogP contribution in [0.5, 0.6) is 0 Å². The fourth-order valence-corrected chi connectivity index (χ4v) is 5.66. The van der Waals surface area contributed by atoms with E-state index in [1.165, 1.54) is 147 Å². The Hall–Kier alpha value is -1.44. The van der Waals surface area contributed by atoms with Gasteiger partial charge < -0.3 is 9.80 Å². The second-order valence-corrected chi connectivity index (χ2v) is 11.3. The molecule has 2 rings (SSSR count). The van der Waals surface area contributed by atoms with Crippen molar-refractivity contribution in [2.24, 2.45) is 0 Å². The molecule has 2 nitrogen and oxygen atoms in total. The van der Waals surface area contributed by atoms with Crippen molar-refractivity contribution in [3.05, 3.63) is 48.3 Å². The van der Waals surface area contributed by atoms with Gasteiger partial charge in [-0.25, -0.2) is 0 Å². The summed E-state index contributed by atoms with van der Waals surface area (Å²) >= 11 is 0. The van der Waals surface area contributed by atoms with E-state index in [9.17, 15) is 0 Å². The quantitative estimate of drug-likeness (QED) is 0.131. The Balaban J connectivity index is 1.63. The standard InChI is InChI=1S/C34H60N2/c1-3-5-7-9-11-13-14-15-16-17-19-24-28-34-35(29-25-20-18-12-10-8-6-4-2)30-31-36(34)32-33-26-22-21-23-27-33/h21-23,26-27,30-31,34H,3-20,24-25,28-29,32H2,1-2H3. The molecule has 0 spiro atoms. The molecule has 1 aliphatic heterocycles. The van der Waals surface area contributed by atoms with Crippen molar-refractivity contribution in [1.29, 1.82) is 0 Å². The molecule has 0 saturated heterocycles. The molecule has 206 valence electrons. The van der Waals surface area contributed by atoms with E-state index in [1.807, 2.05) is 0 Å². The second-order valence-electron chi connectivity index (χ2n) is 11.3. The molecule has 0 aromatic heterocycles. The maximum absolute atomic E-state index is 2.65. The molecule has 0 N–H and O–H groups in total. The average Bonchev–Trinajstić information content (AvgIpc) is 3.27. The Kier molecular flexibility index (Phi) is 18.5. The third kappa shape index (κ3) is 14.3. The van der Waals surface area contributed by atoms with Crippen LogP contribution in [-0.2, 0) is 6.54 Å². The van der Waals surface area contributed by atoms with Crippen LogP contribution in [0.4, 0.5) is 0 Å². The van der Waals surface area contributed by atoms with Crippen molar-refractivity contribution >= 4 is 0 Å². The van der Waals surface area contributed by atoms with Gasteiger partial charge in [-0.05, 0) is 24.8 Å². The van der Waals surface area contributed by atoms with Crippen LogP contribution in [0.25, 0.3) is 0 Å². The molecular weight excluding hydrogens is 436 g/mol. The van der Waals surface area contributed by atoms with Gasteiger partial charge in [-0.15, -0.1) is 0 Å². The maximum Gasteiger partial charge on any atom is 0.101 e. The summed E-state index contributed by atoms with van der Waals surface area (Å²) in [4.78, 5) is 5.25. The van der Waals surface area contributed by atoms with Crippen LogP contribution in [0.2, 0.25) is 0 Å². The number of hydrogen-bond acceptors (Lipinski definition) is 2. The van der Waals surface area contributed by atoms with Crippen LogP contribution in [0.1, 0.15) is 154 Å². The molecule has 1 unspecified atom stereocenters. The summed E-state index contributed by atoms with van der Waals surface area (Å²) in [5.74, 6) is 0. The van der Waals surface area contributed by atoms with Crippen LogP contribution in [-0.4, -0.2) is 22.5 Å². The predicted octanol–water partition coefficient (Wildman–Crippen LogP) is 10.8. The largest absolute Gasteiger partial charge is 0.356 e. The lowest BCUT2D eigenvalue weighted by atomic mass is 10.0. The zero-order chi connectivity index (χ0) is 25.5. The van der Waals surface area contributed by atoms with Crippen molar-refractivity contribution in [3.63, 3.8) is 0 Å². The summed E-state index contributed by atoms with van der Waals surface area (Å²) in [7, 11) is 0. The highest BCUT2D eigenvalue weighted by molar-refractivity contribution is 5.16. The van der Waals surface area contributed by atoms with Crippen molar-refractivity contribution in [2.75, 3.05) is 6.54 Å². The molecule has 1 aromatic carbocycles. The zero-order valence-corrected chi connectivity index (χ0v) is 24.3. The van der Waals surface area contributed by atoms with E-state index in [1.54, 1.807) is 0 Å². The number of hydrogen-bond donors (Lipinski definition) is 0. The lowest BCUT2D eigenvalue weighted by Gasteiger charge is -2.33. The van der Waals surface area contributed by atoms with Crippen LogP contribution in [0, 0.1) is 0 Å². The van der Waals surface area contributed by atoms with E-state index in [-0.39, 0.29) is 0 Å². The fraction of sp³-hybridized carbons (Fsp3) is 0.765. The number of nitrogens with zero attached hydrogens (tertiary/aromatic N) is 2. The molecule has 0 amide bonds. The molecule has 2 heteroatoms. The van der Waals surface area contributed by atoms with Gasteiger partial charge in [0.25, 0.3) is 0 Å². The van der Waals surface area contributed by atoms with Gasteiger partial charge >= 0.3 is 0 Å². The molecule has 0 fully saturated rings. The topological polar surface area (TPSA) is 6.48 Å². The summed E-state index contributed by atoms with van der Waals surface area (Å²) < 4.78 is 0. The summed E-state index contributed by atoms with van der Waals surface area (Å²) in [6.07, 6.45) is 34.9. The van der Waals surface area contributed by atoms with Crippen molar-refractivity contribution in [1.82, 2.24) is 9.80 Å². The SMILES string of the molecule is CCCCCCCCCCCCCCC1N(CCCCCCCCCC)C=CN1Cc1ccccc1. The Morgan fingerprint density at radius 1 is 0.500 bits per heavy atom. The van der Waals surface area contributed by atoms with Gasteiger partial charge in [0.05, 0.1) is 0 Å². The van der Waals surface area contributed by atoms with Gasteiger partial charge in [0.2, 0.25) is 0 Å². The lowest BCUT2D eigenvalue weighted by molar-refractivity contribution is 0.132. The van der Waals surface area contributed by atoms with Gasteiger partial charge in [0.15, 0.2) is 0 Å².